The fourth-order valence-corrected chi connectivity index (χ4v) is 2.16. The maximum absolute atomic E-state index is 5.93. The van der Waals surface area contributed by atoms with E-state index in [0.29, 0.717) is 17.7 Å². The topological polar surface area (TPSA) is 69.6 Å². The molecule has 2 heterocycles. The SMILES string of the molecule is CCCc1nc(-c2cnn(C(C)C)c2)nc(N)c1Br. The van der Waals surface area contributed by atoms with Crippen molar-refractivity contribution in [3.8, 4) is 11.4 Å². The molecule has 0 fully saturated rings. The number of halogens is 1. The summed E-state index contributed by atoms with van der Waals surface area (Å²) in [5.41, 5.74) is 7.77. The molecule has 5 nitrogen and oxygen atoms in total. The molecule has 0 radical (unpaired) electrons. The summed E-state index contributed by atoms with van der Waals surface area (Å²) in [7, 11) is 0. The second-order valence-electron chi connectivity index (χ2n) is 4.75. The zero-order valence-electron chi connectivity index (χ0n) is 11.4. The predicted molar refractivity (Wildman–Crippen MR) is 79.7 cm³/mol. The van der Waals surface area contributed by atoms with Crippen molar-refractivity contribution in [2.75, 3.05) is 5.73 Å². The summed E-state index contributed by atoms with van der Waals surface area (Å²) in [5.74, 6) is 1.11. The largest absolute Gasteiger partial charge is 0.383 e. The van der Waals surface area contributed by atoms with E-state index in [9.17, 15) is 0 Å². The summed E-state index contributed by atoms with van der Waals surface area (Å²) in [6.45, 7) is 6.27. The van der Waals surface area contributed by atoms with Gasteiger partial charge in [0.2, 0.25) is 0 Å². The van der Waals surface area contributed by atoms with Crippen LogP contribution >= 0.6 is 15.9 Å². The molecule has 0 saturated carbocycles. The molecule has 0 bridgehead atoms. The lowest BCUT2D eigenvalue weighted by molar-refractivity contribution is 0.532. The first-order valence-electron chi connectivity index (χ1n) is 6.39. The van der Waals surface area contributed by atoms with Crippen molar-refractivity contribution in [2.24, 2.45) is 0 Å². The number of hydrogen-bond donors (Lipinski definition) is 1. The van der Waals surface area contributed by atoms with E-state index < -0.39 is 0 Å². The van der Waals surface area contributed by atoms with Gasteiger partial charge in [0.25, 0.3) is 0 Å². The number of rotatable bonds is 4. The van der Waals surface area contributed by atoms with Gasteiger partial charge in [-0.05, 0) is 36.2 Å². The summed E-state index contributed by atoms with van der Waals surface area (Å²) in [4.78, 5) is 8.90. The first-order valence-corrected chi connectivity index (χ1v) is 7.18. The van der Waals surface area contributed by atoms with Crippen molar-refractivity contribution in [3.63, 3.8) is 0 Å². The summed E-state index contributed by atoms with van der Waals surface area (Å²) in [6.07, 6.45) is 5.61. The number of nitrogen functional groups attached to an aromatic ring is 1. The van der Waals surface area contributed by atoms with Crippen molar-refractivity contribution in [2.45, 2.75) is 39.7 Å². The summed E-state index contributed by atoms with van der Waals surface area (Å²) in [6, 6.07) is 0.316. The lowest BCUT2D eigenvalue weighted by atomic mass is 10.2. The Morgan fingerprint density at radius 3 is 2.68 bits per heavy atom. The lowest BCUT2D eigenvalue weighted by Gasteiger charge is -2.07. The smallest absolute Gasteiger partial charge is 0.165 e. The van der Waals surface area contributed by atoms with Crippen LogP contribution in [0, 0.1) is 0 Å². The average Bonchev–Trinajstić information content (AvgIpc) is 2.84. The average molecular weight is 324 g/mol. The minimum absolute atomic E-state index is 0.316. The molecule has 0 aromatic carbocycles. The molecule has 102 valence electrons. The van der Waals surface area contributed by atoms with Gasteiger partial charge >= 0.3 is 0 Å². The van der Waals surface area contributed by atoms with Crippen LogP contribution in [0.1, 0.15) is 38.9 Å². The molecule has 0 amide bonds. The van der Waals surface area contributed by atoms with E-state index in [2.05, 4.69) is 51.8 Å². The number of nitrogens with two attached hydrogens (primary N) is 1. The van der Waals surface area contributed by atoms with Crippen molar-refractivity contribution in [3.05, 3.63) is 22.6 Å². The first-order chi connectivity index (χ1) is 9.02. The normalized spacial score (nSPS) is 11.2. The molecule has 2 aromatic heterocycles. The maximum Gasteiger partial charge on any atom is 0.165 e. The highest BCUT2D eigenvalue weighted by molar-refractivity contribution is 9.10. The number of anilines is 1. The van der Waals surface area contributed by atoms with Crippen LogP contribution in [0.3, 0.4) is 0 Å². The van der Waals surface area contributed by atoms with Gasteiger partial charge in [0.1, 0.15) is 5.82 Å². The minimum atomic E-state index is 0.316. The van der Waals surface area contributed by atoms with Gasteiger partial charge in [0, 0.05) is 12.2 Å². The third-order valence-electron chi connectivity index (χ3n) is 2.82. The molecular formula is C13H18BrN5. The van der Waals surface area contributed by atoms with Gasteiger partial charge in [-0.2, -0.15) is 5.10 Å². The molecule has 0 atom stereocenters. The van der Waals surface area contributed by atoms with Gasteiger partial charge in [-0.1, -0.05) is 13.3 Å². The quantitative estimate of drug-likeness (QED) is 0.937. The van der Waals surface area contributed by atoms with Crippen LogP contribution in [0.5, 0.6) is 0 Å². The van der Waals surface area contributed by atoms with Crippen LogP contribution in [0.15, 0.2) is 16.9 Å². The Morgan fingerprint density at radius 2 is 2.11 bits per heavy atom. The highest BCUT2D eigenvalue weighted by atomic mass is 79.9. The number of nitrogens with zero attached hydrogens (tertiary/aromatic N) is 4. The zero-order chi connectivity index (χ0) is 14.0. The number of aryl methyl sites for hydroxylation is 1. The molecule has 0 aliphatic rings. The molecule has 0 saturated heterocycles. The summed E-state index contributed by atoms with van der Waals surface area (Å²) >= 11 is 3.45. The lowest BCUT2D eigenvalue weighted by Crippen LogP contribution is -2.03. The second-order valence-corrected chi connectivity index (χ2v) is 5.54. The fraction of sp³-hybridized carbons (Fsp3) is 0.462. The molecule has 2 N–H and O–H groups in total. The van der Waals surface area contributed by atoms with E-state index in [1.54, 1.807) is 6.20 Å². The van der Waals surface area contributed by atoms with E-state index in [1.807, 2.05) is 10.9 Å². The van der Waals surface area contributed by atoms with Crippen molar-refractivity contribution >= 4 is 21.7 Å². The standard InChI is InChI=1S/C13H18BrN5/c1-4-5-10-11(14)12(15)18-13(17-10)9-6-16-19(7-9)8(2)3/h6-8H,4-5H2,1-3H3,(H2,15,17,18). The van der Waals surface area contributed by atoms with E-state index in [-0.39, 0.29) is 0 Å². The molecule has 2 aromatic rings. The predicted octanol–water partition coefficient (Wildman–Crippen LogP) is 3.22. The van der Waals surface area contributed by atoms with Crippen LogP contribution in [-0.2, 0) is 6.42 Å². The number of hydrogen-bond acceptors (Lipinski definition) is 4. The monoisotopic (exact) mass is 323 g/mol. The van der Waals surface area contributed by atoms with Gasteiger partial charge in [-0.3, -0.25) is 4.68 Å². The van der Waals surface area contributed by atoms with Crippen LogP contribution in [0.4, 0.5) is 5.82 Å². The Bertz CT molecular complexity index is 576. The van der Waals surface area contributed by atoms with E-state index >= 15 is 0 Å². The van der Waals surface area contributed by atoms with E-state index in [1.165, 1.54) is 0 Å². The van der Waals surface area contributed by atoms with Crippen LogP contribution in [0.2, 0.25) is 0 Å². The van der Waals surface area contributed by atoms with Crippen molar-refractivity contribution in [1.29, 1.82) is 0 Å². The third-order valence-corrected chi connectivity index (χ3v) is 3.68. The molecule has 0 spiro atoms. The zero-order valence-corrected chi connectivity index (χ0v) is 13.0. The highest BCUT2D eigenvalue weighted by Crippen LogP contribution is 2.26. The van der Waals surface area contributed by atoms with E-state index in [4.69, 9.17) is 5.73 Å². The van der Waals surface area contributed by atoms with Crippen LogP contribution < -0.4 is 5.73 Å². The van der Waals surface area contributed by atoms with Gasteiger partial charge in [0.15, 0.2) is 5.82 Å². The van der Waals surface area contributed by atoms with Crippen molar-refractivity contribution < 1.29 is 0 Å². The van der Waals surface area contributed by atoms with Crippen molar-refractivity contribution in [1.82, 2.24) is 19.7 Å². The van der Waals surface area contributed by atoms with Gasteiger partial charge < -0.3 is 5.73 Å². The molecule has 6 heteroatoms. The summed E-state index contributed by atoms with van der Waals surface area (Å²) in [5, 5.41) is 4.30. The summed E-state index contributed by atoms with van der Waals surface area (Å²) < 4.78 is 2.69. The van der Waals surface area contributed by atoms with Crippen LogP contribution in [0.25, 0.3) is 11.4 Å². The van der Waals surface area contributed by atoms with E-state index in [0.717, 1.165) is 28.6 Å². The Labute approximate surface area is 121 Å². The first kappa shape index (κ1) is 14.0. The second kappa shape index (κ2) is 5.69. The maximum atomic E-state index is 5.93. The minimum Gasteiger partial charge on any atom is -0.383 e. The molecular weight excluding hydrogens is 306 g/mol. The fourth-order valence-electron chi connectivity index (χ4n) is 1.78. The molecule has 0 unspecified atom stereocenters. The molecule has 0 aliphatic heterocycles. The molecule has 0 aliphatic carbocycles. The Hall–Kier alpha value is -1.43. The Balaban J connectivity index is 2.43. The third kappa shape index (κ3) is 2.94. The Kier molecular flexibility index (Phi) is 4.19. The molecule has 19 heavy (non-hydrogen) atoms. The van der Waals surface area contributed by atoms with Gasteiger partial charge in [-0.25, -0.2) is 9.97 Å². The van der Waals surface area contributed by atoms with Gasteiger partial charge in [-0.15, -0.1) is 0 Å². The van der Waals surface area contributed by atoms with Gasteiger partial charge in [0.05, 0.1) is 21.9 Å². The number of aromatic nitrogens is 4. The molecule has 2 rings (SSSR count). The Morgan fingerprint density at radius 1 is 1.37 bits per heavy atom. The van der Waals surface area contributed by atoms with Crippen LogP contribution in [-0.4, -0.2) is 19.7 Å². The highest BCUT2D eigenvalue weighted by Gasteiger charge is 2.12.